The molecule has 1 atom stereocenters. The summed E-state index contributed by atoms with van der Waals surface area (Å²) >= 11 is 1.64. The number of thiophene rings is 1. The Morgan fingerprint density at radius 2 is 1.88 bits per heavy atom. The third kappa shape index (κ3) is 4.45. The van der Waals surface area contributed by atoms with Crippen molar-refractivity contribution in [3.63, 3.8) is 0 Å². The van der Waals surface area contributed by atoms with Crippen LogP contribution in [0, 0.1) is 0 Å². The van der Waals surface area contributed by atoms with Crippen LogP contribution in [0.2, 0.25) is 0 Å². The molecule has 0 N–H and O–H groups in total. The van der Waals surface area contributed by atoms with Crippen molar-refractivity contribution < 1.29 is 18.7 Å². The number of esters is 1. The standard InChI is InChI=1S/C26H22N2O4S/c29-24(28-14-6-12-21(28)23-13-7-15-33-23)17-31-26(30)20-11-5-4-10-19(20)25-27-16-22(32-25)18-8-2-1-3-9-18/h1-5,7-11,13,15-16,21H,6,12,14,17H2. The number of hydrogen-bond acceptors (Lipinski definition) is 6. The van der Waals surface area contributed by atoms with E-state index in [0.29, 0.717) is 29.3 Å². The van der Waals surface area contributed by atoms with Crippen LogP contribution in [0.25, 0.3) is 22.8 Å². The van der Waals surface area contributed by atoms with Crippen molar-refractivity contribution in [3.8, 4) is 22.8 Å². The highest BCUT2D eigenvalue weighted by molar-refractivity contribution is 7.10. The Labute approximate surface area is 195 Å². The number of aromatic nitrogens is 1. The van der Waals surface area contributed by atoms with Gasteiger partial charge in [0, 0.05) is 17.0 Å². The molecule has 4 aromatic rings. The van der Waals surface area contributed by atoms with E-state index in [4.69, 9.17) is 9.15 Å². The van der Waals surface area contributed by atoms with E-state index in [1.165, 1.54) is 0 Å². The molecule has 0 bridgehead atoms. The average molecular weight is 459 g/mol. The number of ether oxygens (including phenoxy) is 1. The van der Waals surface area contributed by atoms with Crippen molar-refractivity contribution in [2.75, 3.05) is 13.2 Å². The lowest BCUT2D eigenvalue weighted by Gasteiger charge is -2.23. The van der Waals surface area contributed by atoms with Crippen LogP contribution < -0.4 is 0 Å². The Bertz CT molecular complexity index is 1250. The number of carbonyl (C=O) groups is 2. The van der Waals surface area contributed by atoms with Gasteiger partial charge in [0.2, 0.25) is 5.89 Å². The van der Waals surface area contributed by atoms with E-state index in [9.17, 15) is 9.59 Å². The Morgan fingerprint density at radius 3 is 2.70 bits per heavy atom. The molecule has 0 saturated carbocycles. The molecule has 7 heteroatoms. The molecule has 2 aromatic heterocycles. The summed E-state index contributed by atoms with van der Waals surface area (Å²) in [4.78, 5) is 33.0. The van der Waals surface area contributed by atoms with E-state index in [1.54, 1.807) is 41.8 Å². The van der Waals surface area contributed by atoms with Gasteiger partial charge < -0.3 is 14.1 Å². The van der Waals surface area contributed by atoms with Gasteiger partial charge in [-0.1, -0.05) is 48.5 Å². The van der Waals surface area contributed by atoms with Crippen LogP contribution in [-0.2, 0) is 9.53 Å². The molecule has 1 fully saturated rings. The molecule has 1 unspecified atom stereocenters. The second kappa shape index (κ2) is 9.42. The maximum atomic E-state index is 12.9. The van der Waals surface area contributed by atoms with Crippen LogP contribution in [-0.4, -0.2) is 34.9 Å². The summed E-state index contributed by atoms with van der Waals surface area (Å²) in [5, 5.41) is 2.01. The molecule has 1 aliphatic heterocycles. The lowest BCUT2D eigenvalue weighted by Crippen LogP contribution is -2.34. The van der Waals surface area contributed by atoms with Crippen molar-refractivity contribution in [1.29, 1.82) is 0 Å². The Balaban J connectivity index is 1.29. The van der Waals surface area contributed by atoms with E-state index in [2.05, 4.69) is 4.98 Å². The Hall–Kier alpha value is -3.71. The molecule has 33 heavy (non-hydrogen) atoms. The summed E-state index contributed by atoms with van der Waals surface area (Å²) in [5.41, 5.74) is 1.73. The summed E-state index contributed by atoms with van der Waals surface area (Å²) in [6, 6.07) is 20.7. The Kier molecular flexibility index (Phi) is 6.04. The molecule has 1 aliphatic rings. The molecule has 1 saturated heterocycles. The first-order valence-electron chi connectivity index (χ1n) is 10.8. The number of benzene rings is 2. The van der Waals surface area contributed by atoms with Gasteiger partial charge in [-0.3, -0.25) is 4.79 Å². The number of nitrogens with zero attached hydrogens (tertiary/aromatic N) is 2. The van der Waals surface area contributed by atoms with Crippen molar-refractivity contribution in [1.82, 2.24) is 9.88 Å². The SMILES string of the molecule is O=C(OCC(=O)N1CCCC1c1cccs1)c1ccccc1-c1ncc(-c2ccccc2)o1. The molecule has 5 rings (SSSR count). The van der Waals surface area contributed by atoms with Crippen molar-refractivity contribution in [3.05, 3.63) is 88.7 Å². The van der Waals surface area contributed by atoms with Gasteiger partial charge in [-0.2, -0.15) is 0 Å². The number of oxazole rings is 1. The number of carbonyl (C=O) groups excluding carboxylic acids is 2. The second-order valence-corrected chi connectivity index (χ2v) is 8.76. The highest BCUT2D eigenvalue weighted by atomic mass is 32.1. The van der Waals surface area contributed by atoms with Gasteiger partial charge in [0.1, 0.15) is 0 Å². The van der Waals surface area contributed by atoms with Crippen LogP contribution in [0.5, 0.6) is 0 Å². The summed E-state index contributed by atoms with van der Waals surface area (Å²) in [7, 11) is 0. The number of amides is 1. The fourth-order valence-corrected chi connectivity index (χ4v) is 4.99. The lowest BCUT2D eigenvalue weighted by atomic mass is 10.1. The zero-order chi connectivity index (χ0) is 22.6. The van der Waals surface area contributed by atoms with Gasteiger partial charge in [-0.25, -0.2) is 9.78 Å². The van der Waals surface area contributed by atoms with Crippen molar-refractivity contribution >= 4 is 23.2 Å². The van der Waals surface area contributed by atoms with Crippen molar-refractivity contribution in [2.24, 2.45) is 0 Å². The van der Waals surface area contributed by atoms with Crippen LogP contribution in [0.4, 0.5) is 0 Å². The first-order valence-corrected chi connectivity index (χ1v) is 11.7. The fraction of sp³-hybridized carbons (Fsp3) is 0.192. The first kappa shape index (κ1) is 21.2. The number of rotatable bonds is 6. The smallest absolute Gasteiger partial charge is 0.339 e. The third-order valence-corrected chi connectivity index (χ3v) is 6.69. The fourth-order valence-electron chi connectivity index (χ4n) is 4.11. The molecule has 3 heterocycles. The summed E-state index contributed by atoms with van der Waals surface area (Å²) in [5.74, 6) is 0.173. The number of likely N-dealkylation sites (tertiary alicyclic amines) is 1. The monoisotopic (exact) mass is 458 g/mol. The highest BCUT2D eigenvalue weighted by Crippen LogP contribution is 2.34. The third-order valence-electron chi connectivity index (χ3n) is 5.71. The topological polar surface area (TPSA) is 72.6 Å². The quantitative estimate of drug-likeness (QED) is 0.352. The summed E-state index contributed by atoms with van der Waals surface area (Å²) < 4.78 is 11.3. The van der Waals surface area contributed by atoms with Crippen LogP contribution in [0.15, 0.2) is 82.7 Å². The second-order valence-electron chi connectivity index (χ2n) is 7.78. The molecule has 2 aromatic carbocycles. The maximum absolute atomic E-state index is 12.9. The average Bonchev–Trinajstić information content (AvgIpc) is 3.63. The van der Waals surface area contributed by atoms with Crippen LogP contribution in [0.1, 0.15) is 34.1 Å². The first-order chi connectivity index (χ1) is 16.2. The predicted molar refractivity (Wildman–Crippen MR) is 126 cm³/mol. The van der Waals surface area contributed by atoms with Gasteiger partial charge in [0.15, 0.2) is 12.4 Å². The van der Waals surface area contributed by atoms with E-state index >= 15 is 0 Å². The molecular weight excluding hydrogens is 436 g/mol. The zero-order valence-corrected chi connectivity index (χ0v) is 18.7. The van der Waals surface area contributed by atoms with E-state index in [-0.39, 0.29) is 18.6 Å². The molecule has 0 radical (unpaired) electrons. The van der Waals surface area contributed by atoms with Gasteiger partial charge >= 0.3 is 5.97 Å². The highest BCUT2D eigenvalue weighted by Gasteiger charge is 2.31. The van der Waals surface area contributed by atoms with E-state index in [1.807, 2.05) is 52.7 Å². The van der Waals surface area contributed by atoms with E-state index < -0.39 is 5.97 Å². The largest absolute Gasteiger partial charge is 0.452 e. The van der Waals surface area contributed by atoms with Gasteiger partial charge in [-0.15, -0.1) is 11.3 Å². The van der Waals surface area contributed by atoms with Gasteiger partial charge in [0.25, 0.3) is 5.91 Å². The Morgan fingerprint density at radius 1 is 1.06 bits per heavy atom. The molecule has 6 nitrogen and oxygen atoms in total. The summed E-state index contributed by atoms with van der Waals surface area (Å²) in [6.45, 7) is 0.379. The van der Waals surface area contributed by atoms with Crippen LogP contribution >= 0.6 is 11.3 Å². The zero-order valence-electron chi connectivity index (χ0n) is 17.8. The lowest BCUT2D eigenvalue weighted by molar-refractivity contribution is -0.135. The minimum atomic E-state index is -0.578. The van der Waals surface area contributed by atoms with E-state index in [0.717, 1.165) is 23.3 Å². The molecule has 166 valence electrons. The molecule has 0 spiro atoms. The molecular formula is C26H22N2O4S. The number of hydrogen-bond donors (Lipinski definition) is 0. The van der Waals surface area contributed by atoms with Gasteiger partial charge in [-0.05, 0) is 36.4 Å². The van der Waals surface area contributed by atoms with Crippen LogP contribution in [0.3, 0.4) is 0 Å². The molecule has 1 amide bonds. The predicted octanol–water partition coefficient (Wildman–Crippen LogP) is 5.59. The maximum Gasteiger partial charge on any atom is 0.339 e. The normalized spacial score (nSPS) is 15.5. The van der Waals surface area contributed by atoms with Crippen molar-refractivity contribution in [2.45, 2.75) is 18.9 Å². The molecule has 0 aliphatic carbocycles. The minimum Gasteiger partial charge on any atom is -0.452 e. The van der Waals surface area contributed by atoms with Gasteiger partial charge in [0.05, 0.1) is 23.4 Å². The minimum absolute atomic E-state index is 0.0622. The summed E-state index contributed by atoms with van der Waals surface area (Å²) in [6.07, 6.45) is 3.50.